The topological polar surface area (TPSA) is 50.7 Å². The molecule has 1 heterocycles. The summed E-state index contributed by atoms with van der Waals surface area (Å²) < 4.78 is 10.7. The van der Waals surface area contributed by atoms with E-state index in [1.54, 1.807) is 0 Å². The van der Waals surface area contributed by atoms with Crippen LogP contribution in [0.25, 0.3) is 0 Å². The van der Waals surface area contributed by atoms with Crippen LogP contribution in [0.15, 0.2) is 18.2 Å². The third-order valence-electron chi connectivity index (χ3n) is 4.56. The Labute approximate surface area is 113 Å². The monoisotopic (exact) mass is 263 g/mol. The van der Waals surface area contributed by atoms with E-state index in [9.17, 15) is 5.11 Å². The van der Waals surface area contributed by atoms with E-state index in [0.29, 0.717) is 12.8 Å². The van der Waals surface area contributed by atoms with Crippen molar-refractivity contribution in [3.8, 4) is 11.5 Å². The zero-order valence-corrected chi connectivity index (χ0v) is 11.6. The Morgan fingerprint density at radius 1 is 1.32 bits per heavy atom. The van der Waals surface area contributed by atoms with Crippen LogP contribution in [0.2, 0.25) is 0 Å². The average Bonchev–Trinajstić information content (AvgIpc) is 2.85. The van der Waals surface area contributed by atoms with Crippen LogP contribution in [0.5, 0.6) is 11.5 Å². The SMILES string of the molecule is CC(NC1CC(O)C1(C)C)c1ccc2c(c1)OCO2. The van der Waals surface area contributed by atoms with Gasteiger partial charge in [0.2, 0.25) is 6.79 Å². The lowest BCUT2D eigenvalue weighted by molar-refractivity contribution is -0.0754. The van der Waals surface area contributed by atoms with Gasteiger partial charge in [0, 0.05) is 17.5 Å². The first kappa shape index (κ1) is 12.8. The van der Waals surface area contributed by atoms with Crippen LogP contribution in [-0.2, 0) is 0 Å². The summed E-state index contributed by atoms with van der Waals surface area (Å²) in [4.78, 5) is 0. The van der Waals surface area contributed by atoms with E-state index in [2.05, 4.69) is 32.2 Å². The number of hydrogen-bond donors (Lipinski definition) is 2. The quantitative estimate of drug-likeness (QED) is 0.878. The molecular formula is C15H21NO3. The zero-order valence-electron chi connectivity index (χ0n) is 11.6. The molecule has 2 N–H and O–H groups in total. The summed E-state index contributed by atoms with van der Waals surface area (Å²) in [5.74, 6) is 1.63. The van der Waals surface area contributed by atoms with Crippen LogP contribution in [0.3, 0.4) is 0 Å². The molecule has 1 aromatic rings. The van der Waals surface area contributed by atoms with Gasteiger partial charge in [-0.2, -0.15) is 0 Å². The molecule has 0 aromatic heterocycles. The van der Waals surface area contributed by atoms with Crippen LogP contribution >= 0.6 is 0 Å². The van der Waals surface area contributed by atoms with E-state index in [4.69, 9.17) is 9.47 Å². The average molecular weight is 263 g/mol. The van der Waals surface area contributed by atoms with Crippen molar-refractivity contribution in [3.05, 3.63) is 23.8 Å². The van der Waals surface area contributed by atoms with Crippen LogP contribution in [0, 0.1) is 5.41 Å². The predicted molar refractivity (Wildman–Crippen MR) is 72.3 cm³/mol. The fraction of sp³-hybridized carbons (Fsp3) is 0.600. The maximum Gasteiger partial charge on any atom is 0.231 e. The van der Waals surface area contributed by atoms with Crippen molar-refractivity contribution < 1.29 is 14.6 Å². The van der Waals surface area contributed by atoms with E-state index in [1.165, 1.54) is 5.56 Å². The normalized spacial score (nSPS) is 28.8. The molecule has 4 heteroatoms. The van der Waals surface area contributed by atoms with Crippen LogP contribution < -0.4 is 14.8 Å². The summed E-state index contributed by atoms with van der Waals surface area (Å²) in [5, 5.41) is 13.4. The van der Waals surface area contributed by atoms with E-state index in [1.807, 2.05) is 12.1 Å². The smallest absolute Gasteiger partial charge is 0.231 e. The molecule has 4 nitrogen and oxygen atoms in total. The van der Waals surface area contributed by atoms with E-state index in [0.717, 1.165) is 17.9 Å². The van der Waals surface area contributed by atoms with Crippen molar-refractivity contribution >= 4 is 0 Å². The molecule has 1 saturated carbocycles. The van der Waals surface area contributed by atoms with Crippen molar-refractivity contribution in [2.45, 2.75) is 45.4 Å². The number of rotatable bonds is 3. The molecule has 0 radical (unpaired) electrons. The Kier molecular flexibility index (Phi) is 2.95. The van der Waals surface area contributed by atoms with Gasteiger partial charge in [-0.3, -0.25) is 0 Å². The van der Waals surface area contributed by atoms with Gasteiger partial charge < -0.3 is 19.9 Å². The number of benzene rings is 1. The summed E-state index contributed by atoms with van der Waals surface area (Å²) >= 11 is 0. The van der Waals surface area contributed by atoms with Gasteiger partial charge in [0.15, 0.2) is 11.5 Å². The number of fused-ring (bicyclic) bond motifs is 1. The minimum atomic E-state index is -0.200. The molecule has 1 aliphatic heterocycles. The highest BCUT2D eigenvalue weighted by molar-refractivity contribution is 5.45. The van der Waals surface area contributed by atoms with Crippen molar-refractivity contribution in [2.24, 2.45) is 5.41 Å². The van der Waals surface area contributed by atoms with Crippen LogP contribution in [0.1, 0.15) is 38.8 Å². The molecular weight excluding hydrogens is 242 g/mol. The molecule has 3 rings (SSSR count). The fourth-order valence-electron chi connectivity index (χ4n) is 2.77. The highest BCUT2D eigenvalue weighted by Crippen LogP contribution is 2.42. The van der Waals surface area contributed by atoms with Gasteiger partial charge in [0.25, 0.3) is 0 Å². The first-order valence-electron chi connectivity index (χ1n) is 6.82. The second-order valence-electron chi connectivity index (χ2n) is 6.13. The van der Waals surface area contributed by atoms with Gasteiger partial charge in [-0.05, 0) is 31.0 Å². The third-order valence-corrected chi connectivity index (χ3v) is 4.56. The maximum absolute atomic E-state index is 9.78. The standard InChI is InChI=1S/C15H21NO3/c1-9(16-13-7-14(17)15(13,2)3)10-4-5-11-12(6-10)19-8-18-11/h4-6,9,13-14,16-17H,7-8H2,1-3H3. The molecule has 1 fully saturated rings. The minimum absolute atomic E-state index is 0.0510. The number of hydrogen-bond acceptors (Lipinski definition) is 4. The van der Waals surface area contributed by atoms with E-state index >= 15 is 0 Å². The highest BCUT2D eigenvalue weighted by Gasteiger charge is 2.47. The Hall–Kier alpha value is -1.26. The van der Waals surface area contributed by atoms with Crippen molar-refractivity contribution in [3.63, 3.8) is 0 Å². The lowest BCUT2D eigenvalue weighted by Crippen LogP contribution is -2.60. The Morgan fingerprint density at radius 3 is 2.74 bits per heavy atom. The van der Waals surface area contributed by atoms with Gasteiger partial charge in [-0.15, -0.1) is 0 Å². The molecule has 1 aromatic carbocycles. The van der Waals surface area contributed by atoms with Gasteiger partial charge >= 0.3 is 0 Å². The summed E-state index contributed by atoms with van der Waals surface area (Å²) in [6, 6.07) is 6.63. The molecule has 104 valence electrons. The number of ether oxygens (including phenoxy) is 2. The third kappa shape index (κ3) is 2.09. The number of nitrogens with one attached hydrogen (secondary N) is 1. The van der Waals surface area contributed by atoms with E-state index in [-0.39, 0.29) is 17.6 Å². The molecule has 3 unspecified atom stereocenters. The van der Waals surface area contributed by atoms with Crippen LogP contribution in [0.4, 0.5) is 0 Å². The van der Waals surface area contributed by atoms with Crippen molar-refractivity contribution in [1.29, 1.82) is 0 Å². The second kappa shape index (κ2) is 4.39. The minimum Gasteiger partial charge on any atom is -0.454 e. The Morgan fingerprint density at radius 2 is 2.05 bits per heavy atom. The second-order valence-corrected chi connectivity index (χ2v) is 6.13. The molecule has 3 atom stereocenters. The highest BCUT2D eigenvalue weighted by atomic mass is 16.7. The lowest BCUT2D eigenvalue weighted by atomic mass is 9.64. The molecule has 0 spiro atoms. The molecule has 0 saturated heterocycles. The van der Waals surface area contributed by atoms with Gasteiger partial charge in [0.1, 0.15) is 0 Å². The van der Waals surface area contributed by atoms with Gasteiger partial charge in [-0.25, -0.2) is 0 Å². The van der Waals surface area contributed by atoms with Crippen molar-refractivity contribution in [1.82, 2.24) is 5.32 Å². The Balaban J connectivity index is 1.69. The summed E-state index contributed by atoms with van der Waals surface area (Å²) in [5.41, 5.74) is 1.13. The first-order chi connectivity index (χ1) is 8.98. The zero-order chi connectivity index (χ0) is 13.6. The number of aliphatic hydroxyl groups excluding tert-OH is 1. The summed E-state index contributed by atoms with van der Waals surface area (Å²) in [6.45, 7) is 6.65. The largest absolute Gasteiger partial charge is 0.454 e. The van der Waals surface area contributed by atoms with E-state index < -0.39 is 0 Å². The number of aliphatic hydroxyl groups is 1. The fourth-order valence-corrected chi connectivity index (χ4v) is 2.77. The summed E-state index contributed by atoms with van der Waals surface area (Å²) in [6.07, 6.45) is 0.621. The van der Waals surface area contributed by atoms with Crippen LogP contribution in [-0.4, -0.2) is 24.0 Å². The molecule has 1 aliphatic carbocycles. The van der Waals surface area contributed by atoms with Crippen molar-refractivity contribution in [2.75, 3.05) is 6.79 Å². The molecule has 2 aliphatic rings. The maximum atomic E-state index is 9.78. The van der Waals surface area contributed by atoms with Gasteiger partial charge in [0.05, 0.1) is 6.10 Å². The molecule has 0 amide bonds. The summed E-state index contributed by atoms with van der Waals surface area (Å²) in [7, 11) is 0. The first-order valence-corrected chi connectivity index (χ1v) is 6.82. The molecule has 0 bridgehead atoms. The predicted octanol–water partition coefficient (Wildman–Crippen LogP) is 2.23. The lowest BCUT2D eigenvalue weighted by Gasteiger charge is -2.50. The van der Waals surface area contributed by atoms with Gasteiger partial charge in [-0.1, -0.05) is 19.9 Å². The molecule has 19 heavy (non-hydrogen) atoms. The Bertz CT molecular complexity index is 486.